The van der Waals surface area contributed by atoms with Crippen molar-refractivity contribution in [2.24, 2.45) is 0 Å². The summed E-state index contributed by atoms with van der Waals surface area (Å²) in [7, 11) is 11.2. The molecule has 2 aromatic carbocycles. The van der Waals surface area contributed by atoms with Gasteiger partial charge in [-0.15, -0.1) is 0 Å². The maximum Gasteiger partial charge on any atom is 0.193 e. The Balaban J connectivity index is 1.82. The lowest BCUT2D eigenvalue weighted by molar-refractivity contribution is -0.903. The fourth-order valence-electron chi connectivity index (χ4n) is 4.48. The molecule has 2 aromatic rings. The van der Waals surface area contributed by atoms with Gasteiger partial charge in [-0.3, -0.25) is 4.79 Å². The van der Waals surface area contributed by atoms with Crippen molar-refractivity contribution in [1.82, 2.24) is 0 Å². The van der Waals surface area contributed by atoms with Crippen molar-refractivity contribution >= 4 is 5.78 Å². The fourth-order valence-corrected chi connectivity index (χ4v) is 4.48. The second-order valence-electron chi connectivity index (χ2n) is 11.5. The minimum Gasteiger partial charge on any atom is -0.327 e. The van der Waals surface area contributed by atoms with Gasteiger partial charge in [-0.2, -0.15) is 0 Å². The van der Waals surface area contributed by atoms with Crippen LogP contribution in [0.25, 0.3) is 0 Å². The summed E-state index contributed by atoms with van der Waals surface area (Å²) >= 11 is 0. The van der Waals surface area contributed by atoms with Crippen LogP contribution in [0.5, 0.6) is 0 Å². The SMILES string of the molecule is CCCCCCCCCC[N+](C)(C)Cc1ccc(C(=O)c2ccc(C[N+](C)(C)C)cc2)cc1. The molecule has 0 unspecified atom stereocenters. The molecule has 0 spiro atoms. The predicted octanol–water partition coefficient (Wildman–Crippen LogP) is 6.84. The van der Waals surface area contributed by atoms with Crippen LogP contribution in [0.4, 0.5) is 0 Å². The van der Waals surface area contributed by atoms with Gasteiger partial charge in [0.1, 0.15) is 13.1 Å². The van der Waals surface area contributed by atoms with E-state index in [9.17, 15) is 4.79 Å². The summed E-state index contributed by atoms with van der Waals surface area (Å²) in [6, 6.07) is 16.3. The standard InChI is InChI=1S/C30H48N2O/c1-7-8-9-10-11-12-13-14-23-32(5,6)25-27-17-21-29(22-18-27)30(33)28-19-15-26(16-20-28)24-31(2,3)4/h15-22H,7-14,23-25H2,1-6H3/q+2. The van der Waals surface area contributed by atoms with Gasteiger partial charge in [0.25, 0.3) is 0 Å². The largest absolute Gasteiger partial charge is 0.327 e. The topological polar surface area (TPSA) is 17.1 Å². The molecule has 0 radical (unpaired) electrons. The summed E-state index contributed by atoms with van der Waals surface area (Å²) in [6.45, 7) is 5.44. The van der Waals surface area contributed by atoms with Gasteiger partial charge in [0.05, 0.1) is 41.8 Å². The summed E-state index contributed by atoms with van der Waals surface area (Å²) in [5, 5.41) is 0. The molecule has 0 bridgehead atoms. The van der Waals surface area contributed by atoms with E-state index in [0.717, 1.165) is 33.2 Å². The average molecular weight is 453 g/mol. The summed E-state index contributed by atoms with van der Waals surface area (Å²) in [4.78, 5) is 12.9. The Bertz CT molecular complexity index is 829. The molecule has 33 heavy (non-hydrogen) atoms. The average Bonchev–Trinajstić information content (AvgIpc) is 2.75. The highest BCUT2D eigenvalue weighted by Crippen LogP contribution is 2.17. The van der Waals surface area contributed by atoms with Crippen molar-refractivity contribution < 1.29 is 13.8 Å². The third-order valence-corrected chi connectivity index (χ3v) is 6.32. The van der Waals surface area contributed by atoms with Gasteiger partial charge < -0.3 is 8.97 Å². The van der Waals surface area contributed by atoms with Gasteiger partial charge in [0, 0.05) is 22.3 Å². The lowest BCUT2D eigenvalue weighted by Gasteiger charge is -2.30. The molecular formula is C30H48N2O+2. The van der Waals surface area contributed by atoms with E-state index in [4.69, 9.17) is 0 Å². The van der Waals surface area contributed by atoms with E-state index in [0.29, 0.717) is 0 Å². The van der Waals surface area contributed by atoms with Gasteiger partial charge in [0.2, 0.25) is 0 Å². The van der Waals surface area contributed by atoms with Gasteiger partial charge in [-0.1, -0.05) is 94.0 Å². The molecule has 0 amide bonds. The summed E-state index contributed by atoms with van der Waals surface area (Å²) in [6.07, 6.45) is 10.9. The first kappa shape index (κ1) is 27.3. The lowest BCUT2D eigenvalue weighted by Crippen LogP contribution is -2.39. The molecule has 182 valence electrons. The minimum atomic E-state index is 0.103. The molecule has 0 N–H and O–H groups in total. The van der Waals surface area contributed by atoms with Crippen LogP contribution in [0.15, 0.2) is 48.5 Å². The molecule has 0 aliphatic carbocycles. The number of carbonyl (C=O) groups excluding carboxylic acids is 1. The first-order valence-electron chi connectivity index (χ1n) is 12.9. The van der Waals surface area contributed by atoms with E-state index in [2.05, 4.69) is 66.4 Å². The lowest BCUT2D eigenvalue weighted by atomic mass is 10.0. The normalized spacial score (nSPS) is 12.2. The highest BCUT2D eigenvalue weighted by Gasteiger charge is 2.16. The molecule has 0 atom stereocenters. The van der Waals surface area contributed by atoms with Crippen LogP contribution in [0.2, 0.25) is 0 Å². The van der Waals surface area contributed by atoms with Crippen LogP contribution in [0.3, 0.4) is 0 Å². The van der Waals surface area contributed by atoms with Crippen LogP contribution in [0, 0.1) is 0 Å². The maximum absolute atomic E-state index is 12.9. The fraction of sp³-hybridized carbons (Fsp3) is 0.567. The van der Waals surface area contributed by atoms with E-state index >= 15 is 0 Å². The van der Waals surface area contributed by atoms with Crippen molar-refractivity contribution in [1.29, 1.82) is 0 Å². The molecule has 0 saturated carbocycles. The maximum atomic E-state index is 12.9. The van der Waals surface area contributed by atoms with Gasteiger partial charge in [-0.05, 0) is 12.8 Å². The Labute approximate surface area is 203 Å². The molecule has 3 heteroatoms. The molecule has 0 aliphatic rings. The zero-order valence-corrected chi connectivity index (χ0v) is 22.2. The molecule has 0 aromatic heterocycles. The molecular weight excluding hydrogens is 404 g/mol. The molecule has 0 aliphatic heterocycles. The quantitative estimate of drug-likeness (QED) is 0.164. The number of unbranched alkanes of at least 4 members (excludes halogenated alkanes) is 7. The molecule has 0 fully saturated rings. The number of rotatable bonds is 15. The Morgan fingerprint density at radius 2 is 1.03 bits per heavy atom. The Hall–Kier alpha value is -1.97. The summed E-state index contributed by atoms with van der Waals surface area (Å²) < 4.78 is 1.87. The predicted molar refractivity (Wildman–Crippen MR) is 141 cm³/mol. The first-order chi connectivity index (χ1) is 15.6. The number of hydrogen-bond acceptors (Lipinski definition) is 1. The van der Waals surface area contributed by atoms with E-state index in [1.807, 2.05) is 24.3 Å². The van der Waals surface area contributed by atoms with Crippen LogP contribution in [0.1, 0.15) is 85.3 Å². The first-order valence-corrected chi connectivity index (χ1v) is 12.9. The molecule has 3 nitrogen and oxygen atoms in total. The highest BCUT2D eigenvalue weighted by molar-refractivity contribution is 6.08. The minimum absolute atomic E-state index is 0.103. The van der Waals surface area contributed by atoms with E-state index in [-0.39, 0.29) is 5.78 Å². The van der Waals surface area contributed by atoms with E-state index in [1.165, 1.54) is 69.0 Å². The monoisotopic (exact) mass is 452 g/mol. The van der Waals surface area contributed by atoms with E-state index in [1.54, 1.807) is 0 Å². The molecule has 0 heterocycles. The number of ketones is 1. The third kappa shape index (κ3) is 10.7. The zero-order valence-electron chi connectivity index (χ0n) is 22.2. The summed E-state index contributed by atoms with van der Waals surface area (Å²) in [5.74, 6) is 0.103. The second kappa shape index (κ2) is 13.1. The number of nitrogens with zero attached hydrogens (tertiary/aromatic N) is 2. The summed E-state index contributed by atoms with van der Waals surface area (Å²) in [5.41, 5.74) is 4.09. The number of quaternary nitrogens is 2. The van der Waals surface area contributed by atoms with Crippen molar-refractivity contribution in [3.05, 3.63) is 70.8 Å². The number of carbonyl (C=O) groups is 1. The smallest absolute Gasteiger partial charge is 0.193 e. The number of benzene rings is 2. The Morgan fingerprint density at radius 1 is 0.606 bits per heavy atom. The highest BCUT2D eigenvalue weighted by atomic mass is 16.1. The van der Waals surface area contributed by atoms with Crippen molar-refractivity contribution in [2.75, 3.05) is 41.8 Å². The second-order valence-corrected chi connectivity index (χ2v) is 11.5. The Kier molecular flexibility index (Phi) is 10.8. The van der Waals surface area contributed by atoms with E-state index < -0.39 is 0 Å². The molecule has 2 rings (SSSR count). The van der Waals surface area contributed by atoms with Crippen LogP contribution < -0.4 is 0 Å². The number of hydrogen-bond donors (Lipinski definition) is 0. The zero-order chi connectivity index (χ0) is 24.3. The van der Waals surface area contributed by atoms with Gasteiger partial charge in [0.15, 0.2) is 5.78 Å². The van der Waals surface area contributed by atoms with Crippen LogP contribution in [-0.2, 0) is 13.1 Å². The van der Waals surface area contributed by atoms with Crippen molar-refractivity contribution in [2.45, 2.75) is 71.4 Å². The van der Waals surface area contributed by atoms with Crippen LogP contribution in [-0.4, -0.2) is 56.5 Å². The third-order valence-electron chi connectivity index (χ3n) is 6.32. The Morgan fingerprint density at radius 3 is 1.48 bits per heavy atom. The van der Waals surface area contributed by atoms with Crippen molar-refractivity contribution in [3.63, 3.8) is 0 Å². The van der Waals surface area contributed by atoms with Crippen molar-refractivity contribution in [3.8, 4) is 0 Å². The van der Waals surface area contributed by atoms with Gasteiger partial charge >= 0.3 is 0 Å². The van der Waals surface area contributed by atoms with Gasteiger partial charge in [-0.25, -0.2) is 0 Å². The molecule has 0 saturated heterocycles. The van der Waals surface area contributed by atoms with Crippen LogP contribution >= 0.6 is 0 Å².